The van der Waals surface area contributed by atoms with Gasteiger partial charge in [-0.25, -0.2) is 4.79 Å². The zero-order valence-electron chi connectivity index (χ0n) is 9.45. The maximum atomic E-state index is 11.6. The molecule has 2 amide bonds. The summed E-state index contributed by atoms with van der Waals surface area (Å²) in [4.78, 5) is 13.3. The fourth-order valence-electron chi connectivity index (χ4n) is 1.27. The van der Waals surface area contributed by atoms with Crippen LogP contribution in [0.3, 0.4) is 0 Å². The van der Waals surface area contributed by atoms with E-state index in [0.717, 1.165) is 0 Å². The number of morpholine rings is 1. The third kappa shape index (κ3) is 4.05. The number of hydrogen-bond donors (Lipinski definition) is 2. The van der Waals surface area contributed by atoms with Gasteiger partial charge in [-0.15, -0.1) is 0 Å². The van der Waals surface area contributed by atoms with Crippen molar-refractivity contribution in [3.8, 4) is 0 Å². The van der Waals surface area contributed by atoms with Crippen LogP contribution in [-0.2, 0) is 4.74 Å². The highest BCUT2D eigenvalue weighted by Gasteiger charge is 2.21. The molecule has 0 bridgehead atoms. The summed E-state index contributed by atoms with van der Waals surface area (Å²) in [6.45, 7) is 6.34. The van der Waals surface area contributed by atoms with E-state index in [9.17, 15) is 9.90 Å². The summed E-state index contributed by atoms with van der Waals surface area (Å²) in [6, 6.07) is -0.118. The summed E-state index contributed by atoms with van der Waals surface area (Å²) in [5.74, 6) is 0. The van der Waals surface area contributed by atoms with Crippen molar-refractivity contribution in [3.63, 3.8) is 0 Å². The third-order valence-corrected chi connectivity index (χ3v) is 2.68. The SMILES string of the molecule is CCC(C)(O)CNC(=O)N1CCOCC1. The molecule has 0 saturated carbocycles. The van der Waals surface area contributed by atoms with E-state index in [-0.39, 0.29) is 6.03 Å². The highest BCUT2D eigenvalue weighted by molar-refractivity contribution is 5.74. The Morgan fingerprint density at radius 3 is 2.67 bits per heavy atom. The van der Waals surface area contributed by atoms with Crippen molar-refractivity contribution in [2.24, 2.45) is 0 Å². The summed E-state index contributed by atoms with van der Waals surface area (Å²) in [5.41, 5.74) is -0.818. The zero-order chi connectivity index (χ0) is 11.3. The fourth-order valence-corrected chi connectivity index (χ4v) is 1.27. The first-order valence-corrected chi connectivity index (χ1v) is 5.38. The molecule has 15 heavy (non-hydrogen) atoms. The van der Waals surface area contributed by atoms with Crippen LogP contribution in [0.15, 0.2) is 0 Å². The van der Waals surface area contributed by atoms with Gasteiger partial charge in [0.25, 0.3) is 0 Å². The number of aliphatic hydroxyl groups is 1. The Morgan fingerprint density at radius 2 is 2.13 bits per heavy atom. The number of urea groups is 1. The molecular formula is C10H20N2O3. The van der Waals surface area contributed by atoms with Crippen LogP contribution >= 0.6 is 0 Å². The van der Waals surface area contributed by atoms with E-state index >= 15 is 0 Å². The number of carbonyl (C=O) groups excluding carboxylic acids is 1. The molecule has 1 fully saturated rings. The number of amides is 2. The van der Waals surface area contributed by atoms with Crippen LogP contribution in [0.5, 0.6) is 0 Å². The van der Waals surface area contributed by atoms with E-state index in [1.54, 1.807) is 11.8 Å². The molecule has 5 heteroatoms. The van der Waals surface area contributed by atoms with Gasteiger partial charge in [0, 0.05) is 19.6 Å². The van der Waals surface area contributed by atoms with Gasteiger partial charge in [-0.1, -0.05) is 6.92 Å². The lowest BCUT2D eigenvalue weighted by Crippen LogP contribution is -2.49. The average Bonchev–Trinajstić information content (AvgIpc) is 2.27. The number of hydrogen-bond acceptors (Lipinski definition) is 3. The molecule has 1 aliphatic rings. The standard InChI is InChI=1S/C10H20N2O3/c1-3-10(2,14)8-11-9(13)12-4-6-15-7-5-12/h14H,3-8H2,1-2H3,(H,11,13). The largest absolute Gasteiger partial charge is 0.388 e. The lowest BCUT2D eigenvalue weighted by molar-refractivity contribution is 0.0421. The molecule has 1 aliphatic heterocycles. The Kier molecular flexibility index (Phi) is 4.35. The summed E-state index contributed by atoms with van der Waals surface area (Å²) in [6.07, 6.45) is 0.621. The van der Waals surface area contributed by atoms with Crippen molar-refractivity contribution in [2.45, 2.75) is 25.9 Å². The van der Waals surface area contributed by atoms with Gasteiger partial charge >= 0.3 is 6.03 Å². The Labute approximate surface area is 90.4 Å². The maximum absolute atomic E-state index is 11.6. The quantitative estimate of drug-likeness (QED) is 0.708. The molecule has 1 atom stereocenters. The van der Waals surface area contributed by atoms with Gasteiger partial charge in [0.1, 0.15) is 0 Å². The molecule has 0 aliphatic carbocycles. The molecule has 1 rings (SSSR count). The van der Waals surface area contributed by atoms with E-state index < -0.39 is 5.60 Å². The lowest BCUT2D eigenvalue weighted by Gasteiger charge is -2.29. The third-order valence-electron chi connectivity index (χ3n) is 2.68. The van der Waals surface area contributed by atoms with Crippen molar-refractivity contribution in [1.82, 2.24) is 10.2 Å². The molecule has 0 aromatic heterocycles. The smallest absolute Gasteiger partial charge is 0.317 e. The number of ether oxygens (including phenoxy) is 1. The molecule has 0 aromatic carbocycles. The first-order valence-electron chi connectivity index (χ1n) is 5.38. The van der Waals surface area contributed by atoms with Gasteiger partial charge in [0.2, 0.25) is 0 Å². The van der Waals surface area contributed by atoms with Crippen molar-refractivity contribution >= 4 is 6.03 Å². The van der Waals surface area contributed by atoms with Gasteiger partial charge in [-0.3, -0.25) is 0 Å². The Hall–Kier alpha value is -0.810. The topological polar surface area (TPSA) is 61.8 Å². The lowest BCUT2D eigenvalue weighted by atomic mass is 10.0. The van der Waals surface area contributed by atoms with E-state index in [2.05, 4.69) is 5.32 Å². The molecule has 0 aromatic rings. The maximum Gasteiger partial charge on any atom is 0.317 e. The molecule has 1 heterocycles. The molecule has 0 spiro atoms. The Bertz CT molecular complexity index is 213. The molecule has 1 unspecified atom stereocenters. The number of nitrogens with zero attached hydrogens (tertiary/aromatic N) is 1. The summed E-state index contributed by atoms with van der Waals surface area (Å²) in [5, 5.41) is 12.4. The van der Waals surface area contributed by atoms with Crippen LogP contribution in [0.4, 0.5) is 4.79 Å². The van der Waals surface area contributed by atoms with E-state index in [1.807, 2.05) is 6.92 Å². The van der Waals surface area contributed by atoms with E-state index in [1.165, 1.54) is 0 Å². The highest BCUT2D eigenvalue weighted by atomic mass is 16.5. The molecule has 0 radical (unpaired) electrons. The second kappa shape index (κ2) is 5.32. The van der Waals surface area contributed by atoms with Gasteiger partial charge in [-0.2, -0.15) is 0 Å². The second-order valence-electron chi connectivity index (χ2n) is 4.11. The monoisotopic (exact) mass is 216 g/mol. The Morgan fingerprint density at radius 1 is 1.53 bits per heavy atom. The van der Waals surface area contributed by atoms with Gasteiger partial charge < -0.3 is 20.1 Å². The predicted molar refractivity (Wildman–Crippen MR) is 56.7 cm³/mol. The zero-order valence-corrected chi connectivity index (χ0v) is 9.45. The van der Waals surface area contributed by atoms with E-state index in [4.69, 9.17) is 4.74 Å². The van der Waals surface area contributed by atoms with Crippen LogP contribution in [0.25, 0.3) is 0 Å². The fraction of sp³-hybridized carbons (Fsp3) is 0.900. The van der Waals surface area contributed by atoms with Crippen LogP contribution in [-0.4, -0.2) is 54.5 Å². The average molecular weight is 216 g/mol. The van der Waals surface area contributed by atoms with Gasteiger partial charge in [-0.05, 0) is 13.3 Å². The van der Waals surface area contributed by atoms with Crippen LogP contribution in [0, 0.1) is 0 Å². The molecule has 5 nitrogen and oxygen atoms in total. The summed E-state index contributed by atoms with van der Waals surface area (Å²) < 4.78 is 5.15. The second-order valence-corrected chi connectivity index (χ2v) is 4.11. The minimum Gasteiger partial charge on any atom is -0.388 e. The molecule has 1 saturated heterocycles. The van der Waals surface area contributed by atoms with E-state index in [0.29, 0.717) is 39.3 Å². The highest BCUT2D eigenvalue weighted by Crippen LogP contribution is 2.06. The number of carbonyl (C=O) groups is 1. The minimum absolute atomic E-state index is 0.118. The normalized spacial score (nSPS) is 20.9. The summed E-state index contributed by atoms with van der Waals surface area (Å²) >= 11 is 0. The van der Waals surface area contributed by atoms with Gasteiger partial charge in [0.05, 0.1) is 18.8 Å². The molecule has 88 valence electrons. The van der Waals surface area contributed by atoms with Gasteiger partial charge in [0.15, 0.2) is 0 Å². The van der Waals surface area contributed by atoms with Crippen LogP contribution in [0.1, 0.15) is 20.3 Å². The first-order chi connectivity index (χ1) is 7.05. The number of rotatable bonds is 3. The first kappa shape index (κ1) is 12.3. The van der Waals surface area contributed by atoms with Crippen molar-refractivity contribution < 1.29 is 14.6 Å². The molecule has 2 N–H and O–H groups in total. The molecular weight excluding hydrogens is 196 g/mol. The minimum atomic E-state index is -0.818. The predicted octanol–water partition coefficient (Wildman–Crippen LogP) is 0.189. The Balaban J connectivity index is 2.28. The van der Waals surface area contributed by atoms with Crippen molar-refractivity contribution in [2.75, 3.05) is 32.8 Å². The van der Waals surface area contributed by atoms with Crippen molar-refractivity contribution in [3.05, 3.63) is 0 Å². The summed E-state index contributed by atoms with van der Waals surface area (Å²) in [7, 11) is 0. The van der Waals surface area contributed by atoms with Crippen LogP contribution < -0.4 is 5.32 Å². The van der Waals surface area contributed by atoms with Crippen molar-refractivity contribution in [1.29, 1.82) is 0 Å². The van der Waals surface area contributed by atoms with Crippen LogP contribution in [0.2, 0.25) is 0 Å². The number of nitrogens with one attached hydrogen (secondary N) is 1.